The van der Waals surface area contributed by atoms with Crippen LogP contribution in [0.15, 0.2) is 36.4 Å². The number of likely N-dealkylation sites (tertiary alicyclic amines) is 1. The van der Waals surface area contributed by atoms with E-state index < -0.39 is 65.4 Å². The molecule has 2 saturated heterocycles. The predicted octanol–water partition coefficient (Wildman–Crippen LogP) is 4.18. The standard InChI is InChI=1S/C26H24F6N2O3/c27-16-6-15(7-16)25(36)34-20(24(31)32)10-26(12-37-11-22(35)33-26)21(34)8-13-2-1-3-19(23(13)30)14-4-17(28)9-18(29)5-14/h1-5,9,15-16,20-21,24H,6-8,10-12H2,(H,33,35)/t15?,16?,20-,21-,26+/m0/s1. The highest BCUT2D eigenvalue weighted by molar-refractivity contribution is 5.83. The average Bonchev–Trinajstić information content (AvgIpc) is 3.10. The molecule has 2 amide bonds. The highest BCUT2D eigenvalue weighted by atomic mass is 19.3. The van der Waals surface area contributed by atoms with Crippen molar-refractivity contribution in [1.29, 1.82) is 0 Å². The van der Waals surface area contributed by atoms with Crippen LogP contribution < -0.4 is 5.32 Å². The summed E-state index contributed by atoms with van der Waals surface area (Å²) in [5.74, 6) is -4.67. The normalized spacial score (nSPS) is 29.5. The Bertz CT molecular complexity index is 1200. The van der Waals surface area contributed by atoms with Gasteiger partial charge in [-0.05, 0) is 42.5 Å². The molecular weight excluding hydrogens is 502 g/mol. The Morgan fingerprint density at radius 2 is 1.84 bits per heavy atom. The number of nitrogens with zero attached hydrogens (tertiary/aromatic N) is 1. The molecule has 2 aromatic carbocycles. The second-order valence-corrected chi connectivity index (χ2v) is 9.97. The number of amides is 2. The molecule has 2 aliphatic heterocycles. The number of alkyl halides is 3. The number of morpholine rings is 1. The van der Waals surface area contributed by atoms with E-state index in [-0.39, 0.29) is 55.6 Å². The molecule has 0 bridgehead atoms. The second-order valence-electron chi connectivity index (χ2n) is 9.97. The minimum atomic E-state index is -2.97. The first-order valence-electron chi connectivity index (χ1n) is 11.9. The number of benzene rings is 2. The summed E-state index contributed by atoms with van der Waals surface area (Å²) in [5, 5.41) is 2.71. The van der Waals surface area contributed by atoms with Crippen LogP contribution >= 0.6 is 0 Å². The zero-order chi connectivity index (χ0) is 26.5. The Hall–Kier alpha value is -3.08. The summed E-state index contributed by atoms with van der Waals surface area (Å²) in [7, 11) is 0. The molecule has 11 heteroatoms. The van der Waals surface area contributed by atoms with Gasteiger partial charge in [-0.15, -0.1) is 0 Å². The van der Waals surface area contributed by atoms with Gasteiger partial charge in [0.15, 0.2) is 0 Å². The number of carbonyl (C=O) groups is 2. The summed E-state index contributed by atoms with van der Waals surface area (Å²) in [4.78, 5) is 26.6. The van der Waals surface area contributed by atoms with E-state index in [1.54, 1.807) is 0 Å². The fraction of sp³-hybridized carbons (Fsp3) is 0.462. The molecule has 0 aromatic heterocycles. The molecule has 1 N–H and O–H groups in total. The molecule has 3 atom stereocenters. The van der Waals surface area contributed by atoms with Gasteiger partial charge in [-0.2, -0.15) is 0 Å². The third-order valence-electron chi connectivity index (χ3n) is 7.53. The predicted molar refractivity (Wildman–Crippen MR) is 120 cm³/mol. The molecule has 0 unspecified atom stereocenters. The maximum atomic E-state index is 15.7. The van der Waals surface area contributed by atoms with Crippen LogP contribution in [0.4, 0.5) is 26.3 Å². The lowest BCUT2D eigenvalue weighted by molar-refractivity contribution is -0.149. The summed E-state index contributed by atoms with van der Waals surface area (Å²) in [6, 6.07) is 4.00. The van der Waals surface area contributed by atoms with Crippen LogP contribution in [-0.2, 0) is 20.7 Å². The largest absolute Gasteiger partial charge is 0.369 e. The van der Waals surface area contributed by atoms with E-state index in [2.05, 4.69) is 5.32 Å². The number of halogens is 6. The van der Waals surface area contributed by atoms with E-state index in [1.807, 2.05) is 0 Å². The Morgan fingerprint density at radius 1 is 1.14 bits per heavy atom. The fourth-order valence-electron chi connectivity index (χ4n) is 5.73. The molecule has 2 aromatic rings. The highest BCUT2D eigenvalue weighted by Gasteiger charge is 2.59. The van der Waals surface area contributed by atoms with Gasteiger partial charge in [-0.1, -0.05) is 18.2 Å². The van der Waals surface area contributed by atoms with Gasteiger partial charge in [0.2, 0.25) is 11.8 Å². The van der Waals surface area contributed by atoms with Crippen molar-refractivity contribution in [1.82, 2.24) is 10.2 Å². The van der Waals surface area contributed by atoms with Crippen molar-refractivity contribution in [3.63, 3.8) is 0 Å². The van der Waals surface area contributed by atoms with E-state index in [0.717, 1.165) is 17.0 Å². The van der Waals surface area contributed by atoms with Crippen molar-refractivity contribution in [3.05, 3.63) is 59.4 Å². The first kappa shape index (κ1) is 25.6. The van der Waals surface area contributed by atoms with E-state index in [4.69, 9.17) is 4.74 Å². The fourth-order valence-corrected chi connectivity index (χ4v) is 5.73. The van der Waals surface area contributed by atoms with Crippen molar-refractivity contribution in [2.75, 3.05) is 13.2 Å². The van der Waals surface area contributed by atoms with Crippen molar-refractivity contribution in [3.8, 4) is 11.1 Å². The summed E-state index contributed by atoms with van der Waals surface area (Å²) in [6.07, 6.45) is -4.98. The molecule has 1 spiro atoms. The molecule has 5 nitrogen and oxygen atoms in total. The van der Waals surface area contributed by atoms with Gasteiger partial charge in [-0.25, -0.2) is 26.3 Å². The number of hydrogen-bond acceptors (Lipinski definition) is 3. The van der Waals surface area contributed by atoms with Crippen LogP contribution in [0.3, 0.4) is 0 Å². The summed E-state index contributed by atoms with van der Waals surface area (Å²) >= 11 is 0. The van der Waals surface area contributed by atoms with Crippen LogP contribution in [0.2, 0.25) is 0 Å². The van der Waals surface area contributed by atoms with E-state index in [9.17, 15) is 31.5 Å². The molecule has 1 aliphatic carbocycles. The molecule has 1 saturated carbocycles. The maximum Gasteiger partial charge on any atom is 0.258 e. The lowest BCUT2D eigenvalue weighted by Crippen LogP contribution is -2.64. The van der Waals surface area contributed by atoms with Gasteiger partial charge in [0.25, 0.3) is 6.43 Å². The molecule has 3 fully saturated rings. The first-order valence-corrected chi connectivity index (χ1v) is 11.9. The smallest absolute Gasteiger partial charge is 0.258 e. The van der Waals surface area contributed by atoms with Crippen molar-refractivity contribution >= 4 is 11.8 Å². The Kier molecular flexibility index (Phi) is 6.68. The lowest BCUT2D eigenvalue weighted by atomic mass is 9.81. The van der Waals surface area contributed by atoms with E-state index in [1.165, 1.54) is 18.2 Å². The minimum Gasteiger partial charge on any atom is -0.369 e. The SMILES string of the molecule is O=C1COC[C@@]2(C[C@@H](C(F)F)N(C(=O)C3CC(F)C3)[C@H]2Cc2cccc(-c3cc(F)cc(F)c3)c2F)N1. The van der Waals surface area contributed by atoms with Crippen LogP contribution in [0, 0.1) is 23.4 Å². The summed E-state index contributed by atoms with van der Waals surface area (Å²) in [6.45, 7) is -0.466. The van der Waals surface area contributed by atoms with Gasteiger partial charge in [0.1, 0.15) is 30.2 Å². The second kappa shape index (κ2) is 9.66. The summed E-state index contributed by atoms with van der Waals surface area (Å²) in [5.41, 5.74) is -1.60. The maximum absolute atomic E-state index is 15.7. The molecule has 3 aliphatic rings. The number of rotatable bonds is 5. The Labute approximate surface area is 208 Å². The molecule has 37 heavy (non-hydrogen) atoms. The average molecular weight is 526 g/mol. The topological polar surface area (TPSA) is 58.6 Å². The number of ether oxygens (including phenoxy) is 1. The number of hydrogen-bond donors (Lipinski definition) is 1. The zero-order valence-corrected chi connectivity index (χ0v) is 19.5. The van der Waals surface area contributed by atoms with E-state index >= 15 is 4.39 Å². The van der Waals surface area contributed by atoms with Crippen LogP contribution in [0.25, 0.3) is 11.1 Å². The van der Waals surface area contributed by atoms with E-state index in [0.29, 0.717) is 6.07 Å². The van der Waals surface area contributed by atoms with Crippen LogP contribution in [0.1, 0.15) is 24.8 Å². The molecule has 2 heterocycles. The van der Waals surface area contributed by atoms with Crippen molar-refractivity contribution in [2.24, 2.45) is 5.92 Å². The molecule has 198 valence electrons. The van der Waals surface area contributed by atoms with Gasteiger partial charge < -0.3 is 15.0 Å². The first-order chi connectivity index (χ1) is 17.6. The molecule has 5 rings (SSSR count). The molecule has 0 radical (unpaired) electrons. The van der Waals surface area contributed by atoms with Crippen LogP contribution in [0.5, 0.6) is 0 Å². The highest BCUT2D eigenvalue weighted by Crippen LogP contribution is 2.43. The molecular formula is C26H24F6N2O3. The lowest BCUT2D eigenvalue weighted by Gasteiger charge is -2.43. The monoisotopic (exact) mass is 526 g/mol. The van der Waals surface area contributed by atoms with Gasteiger partial charge in [-0.3, -0.25) is 9.59 Å². The van der Waals surface area contributed by atoms with Crippen LogP contribution in [-0.4, -0.2) is 60.1 Å². The third-order valence-corrected chi connectivity index (χ3v) is 7.53. The van der Waals surface area contributed by atoms with Gasteiger partial charge in [0, 0.05) is 24.0 Å². The number of carbonyl (C=O) groups excluding carboxylic acids is 2. The Morgan fingerprint density at radius 3 is 2.46 bits per heavy atom. The summed E-state index contributed by atoms with van der Waals surface area (Å²) < 4.78 is 90.7. The van der Waals surface area contributed by atoms with Crippen molar-refractivity contribution < 1.29 is 40.7 Å². The van der Waals surface area contributed by atoms with Crippen molar-refractivity contribution in [2.45, 2.75) is 55.9 Å². The third kappa shape index (κ3) is 4.69. The quantitative estimate of drug-likeness (QED) is 0.595. The zero-order valence-electron chi connectivity index (χ0n) is 19.5. The van der Waals surface area contributed by atoms with Gasteiger partial charge >= 0.3 is 0 Å². The van der Waals surface area contributed by atoms with Gasteiger partial charge in [0.05, 0.1) is 24.2 Å². The minimum absolute atomic E-state index is 0.00365. The number of nitrogens with one attached hydrogen (secondary N) is 1. The Balaban J connectivity index is 1.56.